The standard InChI is InChI=1S/C16H13ClN2O4/c17-13-7-5-11(6-8-13)16(22)19-18-9-12-3-1-2-4-14(12)23-10-15(20)21/h1-9H,10H2,(H,19,22)(H,20,21)/p-1/b18-9+. The van der Waals surface area contributed by atoms with Crippen LogP contribution in [0.25, 0.3) is 0 Å². The van der Waals surface area contributed by atoms with Crippen LogP contribution in [0.4, 0.5) is 0 Å². The molecule has 0 saturated carbocycles. The Hall–Kier alpha value is -2.86. The fourth-order valence-electron chi connectivity index (χ4n) is 1.68. The molecule has 0 bridgehead atoms. The molecule has 0 saturated heterocycles. The molecule has 0 aliphatic rings. The number of nitrogens with one attached hydrogen (secondary N) is 1. The molecule has 0 aromatic heterocycles. The highest BCUT2D eigenvalue weighted by molar-refractivity contribution is 6.30. The number of nitrogens with zero attached hydrogens (tertiary/aromatic N) is 1. The molecule has 118 valence electrons. The van der Waals surface area contributed by atoms with Crippen LogP contribution in [0.2, 0.25) is 5.02 Å². The first kappa shape index (κ1) is 16.5. The molecule has 2 aromatic rings. The SMILES string of the molecule is O=C([O-])COc1ccccc1/C=N/NC(=O)c1ccc(Cl)cc1. The summed E-state index contributed by atoms with van der Waals surface area (Å²) in [7, 11) is 0. The van der Waals surface area contributed by atoms with E-state index in [0.29, 0.717) is 21.9 Å². The number of benzene rings is 2. The summed E-state index contributed by atoms with van der Waals surface area (Å²) in [4.78, 5) is 22.3. The Kier molecular flexibility index (Phi) is 5.71. The summed E-state index contributed by atoms with van der Waals surface area (Å²) < 4.78 is 5.07. The number of halogens is 1. The highest BCUT2D eigenvalue weighted by Crippen LogP contribution is 2.15. The number of carbonyl (C=O) groups excluding carboxylic acids is 2. The largest absolute Gasteiger partial charge is 0.546 e. The topological polar surface area (TPSA) is 90.8 Å². The van der Waals surface area contributed by atoms with Gasteiger partial charge in [-0.2, -0.15) is 5.10 Å². The second-order valence-electron chi connectivity index (χ2n) is 4.40. The van der Waals surface area contributed by atoms with Crippen molar-refractivity contribution in [1.29, 1.82) is 0 Å². The van der Waals surface area contributed by atoms with Crippen LogP contribution in [0.1, 0.15) is 15.9 Å². The van der Waals surface area contributed by atoms with E-state index in [1.807, 2.05) is 0 Å². The van der Waals surface area contributed by atoms with Crippen molar-refractivity contribution in [3.05, 3.63) is 64.7 Å². The summed E-state index contributed by atoms with van der Waals surface area (Å²) in [5, 5.41) is 14.8. The van der Waals surface area contributed by atoms with Crippen LogP contribution < -0.4 is 15.3 Å². The van der Waals surface area contributed by atoms with Gasteiger partial charge in [-0.25, -0.2) is 5.43 Å². The van der Waals surface area contributed by atoms with Crippen LogP contribution in [-0.4, -0.2) is 24.7 Å². The zero-order valence-electron chi connectivity index (χ0n) is 11.9. The van der Waals surface area contributed by atoms with Crippen LogP contribution in [0.5, 0.6) is 5.75 Å². The van der Waals surface area contributed by atoms with Gasteiger partial charge >= 0.3 is 0 Å². The molecule has 1 amide bonds. The third-order valence-corrected chi connectivity index (χ3v) is 2.99. The number of ether oxygens (including phenoxy) is 1. The van der Waals surface area contributed by atoms with Crippen molar-refractivity contribution >= 4 is 29.7 Å². The molecule has 0 radical (unpaired) electrons. The molecule has 0 aliphatic carbocycles. The number of amides is 1. The zero-order chi connectivity index (χ0) is 16.7. The van der Waals surface area contributed by atoms with Gasteiger partial charge < -0.3 is 14.6 Å². The van der Waals surface area contributed by atoms with Crippen LogP contribution in [0.15, 0.2) is 53.6 Å². The van der Waals surface area contributed by atoms with E-state index in [9.17, 15) is 14.7 Å². The summed E-state index contributed by atoms with van der Waals surface area (Å²) in [6.45, 7) is -0.567. The number of aliphatic carboxylic acids is 1. The average molecular weight is 332 g/mol. The van der Waals surface area contributed by atoms with E-state index in [1.165, 1.54) is 6.21 Å². The van der Waals surface area contributed by atoms with Crippen molar-refractivity contribution in [1.82, 2.24) is 5.43 Å². The van der Waals surface area contributed by atoms with Gasteiger partial charge in [-0.15, -0.1) is 0 Å². The lowest BCUT2D eigenvalue weighted by molar-refractivity contribution is -0.307. The summed E-state index contributed by atoms with van der Waals surface area (Å²) in [5.41, 5.74) is 3.29. The molecule has 23 heavy (non-hydrogen) atoms. The van der Waals surface area contributed by atoms with Crippen LogP contribution >= 0.6 is 11.6 Å². The molecule has 6 nitrogen and oxygen atoms in total. The van der Waals surface area contributed by atoms with Crippen molar-refractivity contribution in [2.75, 3.05) is 6.61 Å². The predicted octanol–water partition coefficient (Wildman–Crippen LogP) is 1.23. The van der Waals surface area contributed by atoms with Gasteiger partial charge in [-0.05, 0) is 36.4 Å². The van der Waals surface area contributed by atoms with Gasteiger partial charge in [0.05, 0.1) is 12.2 Å². The Morgan fingerprint density at radius 3 is 2.57 bits per heavy atom. The molecular formula is C16H12ClN2O4-. The number of carboxylic acid groups (broad SMARTS) is 1. The van der Waals surface area contributed by atoms with Gasteiger partial charge in [-0.1, -0.05) is 23.7 Å². The van der Waals surface area contributed by atoms with E-state index in [1.54, 1.807) is 48.5 Å². The highest BCUT2D eigenvalue weighted by Gasteiger charge is 2.04. The smallest absolute Gasteiger partial charge is 0.271 e. The van der Waals surface area contributed by atoms with Gasteiger partial charge in [0.1, 0.15) is 12.4 Å². The zero-order valence-corrected chi connectivity index (χ0v) is 12.6. The first-order valence-electron chi connectivity index (χ1n) is 6.57. The van der Waals surface area contributed by atoms with E-state index in [4.69, 9.17) is 16.3 Å². The molecule has 0 heterocycles. The number of carbonyl (C=O) groups is 2. The molecular weight excluding hydrogens is 320 g/mol. The van der Waals surface area contributed by atoms with Crippen molar-refractivity contribution in [3.8, 4) is 5.75 Å². The minimum atomic E-state index is -1.33. The molecule has 0 fully saturated rings. The molecule has 0 unspecified atom stereocenters. The lowest BCUT2D eigenvalue weighted by atomic mass is 10.2. The molecule has 2 aromatic carbocycles. The number of hydrogen-bond acceptors (Lipinski definition) is 5. The van der Waals surface area contributed by atoms with Gasteiger partial charge in [-0.3, -0.25) is 4.79 Å². The van der Waals surface area contributed by atoms with Crippen LogP contribution in [0, 0.1) is 0 Å². The Morgan fingerprint density at radius 2 is 1.87 bits per heavy atom. The average Bonchev–Trinajstić information content (AvgIpc) is 2.54. The Labute approximate surface area is 137 Å². The molecule has 0 spiro atoms. The van der Waals surface area contributed by atoms with Gasteiger partial charge in [0.15, 0.2) is 0 Å². The quantitative estimate of drug-likeness (QED) is 0.636. The lowest BCUT2D eigenvalue weighted by Crippen LogP contribution is -2.29. The third-order valence-electron chi connectivity index (χ3n) is 2.74. The summed E-state index contributed by atoms with van der Waals surface area (Å²) in [6, 6.07) is 13.0. The number of rotatable bonds is 6. The summed E-state index contributed by atoms with van der Waals surface area (Å²) >= 11 is 5.75. The maximum Gasteiger partial charge on any atom is 0.271 e. The van der Waals surface area contributed by atoms with E-state index >= 15 is 0 Å². The van der Waals surface area contributed by atoms with Crippen molar-refractivity contribution in [3.63, 3.8) is 0 Å². The van der Waals surface area contributed by atoms with Crippen LogP contribution in [0.3, 0.4) is 0 Å². The van der Waals surface area contributed by atoms with Crippen molar-refractivity contribution in [2.45, 2.75) is 0 Å². The predicted molar refractivity (Wildman–Crippen MR) is 83.5 cm³/mol. The fraction of sp³-hybridized carbons (Fsp3) is 0.0625. The summed E-state index contributed by atoms with van der Waals surface area (Å²) in [6.07, 6.45) is 1.36. The number of para-hydroxylation sites is 1. The molecule has 1 N–H and O–H groups in total. The minimum absolute atomic E-state index is 0.321. The van der Waals surface area contributed by atoms with Gasteiger partial charge in [0.25, 0.3) is 5.91 Å². The maximum absolute atomic E-state index is 11.9. The second-order valence-corrected chi connectivity index (χ2v) is 4.84. The highest BCUT2D eigenvalue weighted by atomic mass is 35.5. The van der Waals surface area contributed by atoms with Gasteiger partial charge in [0.2, 0.25) is 0 Å². The molecule has 0 aliphatic heterocycles. The second kappa shape index (κ2) is 7.95. The minimum Gasteiger partial charge on any atom is -0.546 e. The number of hydrazone groups is 1. The fourth-order valence-corrected chi connectivity index (χ4v) is 1.81. The maximum atomic E-state index is 11.9. The first-order valence-corrected chi connectivity index (χ1v) is 6.94. The number of hydrogen-bond donors (Lipinski definition) is 1. The summed E-state index contributed by atoms with van der Waals surface area (Å²) in [5.74, 6) is -1.40. The monoisotopic (exact) mass is 331 g/mol. The Bertz CT molecular complexity index is 729. The molecule has 2 rings (SSSR count). The first-order chi connectivity index (χ1) is 11.1. The van der Waals surface area contributed by atoms with Crippen molar-refractivity contribution < 1.29 is 19.4 Å². The van der Waals surface area contributed by atoms with Crippen LogP contribution in [-0.2, 0) is 4.79 Å². The Morgan fingerprint density at radius 1 is 1.17 bits per heavy atom. The Balaban J connectivity index is 2.01. The molecule has 0 atom stereocenters. The third kappa shape index (κ3) is 5.12. The van der Waals surface area contributed by atoms with E-state index in [2.05, 4.69) is 10.5 Å². The molecule has 7 heteroatoms. The lowest BCUT2D eigenvalue weighted by Gasteiger charge is -2.09. The van der Waals surface area contributed by atoms with E-state index in [0.717, 1.165) is 0 Å². The number of carboxylic acids is 1. The van der Waals surface area contributed by atoms with E-state index in [-0.39, 0.29) is 0 Å². The van der Waals surface area contributed by atoms with E-state index < -0.39 is 18.5 Å². The normalized spacial score (nSPS) is 10.5. The van der Waals surface area contributed by atoms with Crippen molar-refractivity contribution in [2.24, 2.45) is 5.10 Å². The van der Waals surface area contributed by atoms with Gasteiger partial charge in [0, 0.05) is 16.1 Å².